The fourth-order valence-corrected chi connectivity index (χ4v) is 7.64. The number of para-hydroxylation sites is 1. The standard InChI is InChI=1S/C45H35N3O/c1-44(2)35-23-10-8-19-31(35)39-33(21-13-24-36(39)45(44,3)4)42-46-41(30-18-12-17-29(27-30)28-15-6-5-7-16-28)47-43(48-42)34-22-14-26-38-40(34)32-20-9-11-25-37(32)49-38/h5-27H,1-4H3. The van der Waals surface area contributed by atoms with E-state index in [1.807, 2.05) is 36.4 Å². The molecule has 0 fully saturated rings. The molecule has 49 heavy (non-hydrogen) atoms. The molecule has 0 saturated carbocycles. The van der Waals surface area contributed by atoms with Crippen LogP contribution in [0.15, 0.2) is 144 Å². The lowest BCUT2D eigenvalue weighted by Gasteiger charge is -2.48. The Morgan fingerprint density at radius 3 is 1.84 bits per heavy atom. The molecule has 8 aromatic rings. The Morgan fingerprint density at radius 1 is 0.429 bits per heavy atom. The van der Waals surface area contributed by atoms with Crippen LogP contribution < -0.4 is 0 Å². The molecule has 0 radical (unpaired) electrons. The van der Waals surface area contributed by atoms with Gasteiger partial charge in [-0.1, -0.05) is 149 Å². The van der Waals surface area contributed by atoms with Crippen LogP contribution in [0.3, 0.4) is 0 Å². The molecular formula is C45H35N3O. The molecule has 0 unspecified atom stereocenters. The number of benzene rings is 6. The molecule has 9 rings (SSSR count). The van der Waals surface area contributed by atoms with Crippen LogP contribution >= 0.6 is 0 Å². The van der Waals surface area contributed by atoms with Crippen molar-refractivity contribution in [3.05, 3.63) is 151 Å². The van der Waals surface area contributed by atoms with Gasteiger partial charge in [-0.15, -0.1) is 0 Å². The average molecular weight is 634 g/mol. The van der Waals surface area contributed by atoms with E-state index in [0.29, 0.717) is 17.5 Å². The van der Waals surface area contributed by atoms with Crippen molar-refractivity contribution >= 4 is 21.9 Å². The molecule has 2 heterocycles. The van der Waals surface area contributed by atoms with Gasteiger partial charge < -0.3 is 4.42 Å². The van der Waals surface area contributed by atoms with Crippen LogP contribution in [0.2, 0.25) is 0 Å². The number of furan rings is 1. The molecule has 0 spiro atoms. The number of fused-ring (bicyclic) bond motifs is 6. The molecular weight excluding hydrogens is 599 g/mol. The van der Waals surface area contributed by atoms with Crippen LogP contribution in [0.5, 0.6) is 0 Å². The minimum atomic E-state index is -0.142. The lowest BCUT2D eigenvalue weighted by atomic mass is 9.55. The van der Waals surface area contributed by atoms with E-state index < -0.39 is 0 Å². The third kappa shape index (κ3) is 4.48. The zero-order chi connectivity index (χ0) is 33.3. The summed E-state index contributed by atoms with van der Waals surface area (Å²) in [6.45, 7) is 9.43. The van der Waals surface area contributed by atoms with Crippen molar-refractivity contribution < 1.29 is 4.42 Å². The van der Waals surface area contributed by atoms with Crippen LogP contribution in [-0.4, -0.2) is 15.0 Å². The zero-order valence-corrected chi connectivity index (χ0v) is 28.0. The van der Waals surface area contributed by atoms with Crippen LogP contribution in [0, 0.1) is 0 Å². The molecule has 0 saturated heterocycles. The second kappa shape index (κ2) is 10.8. The van der Waals surface area contributed by atoms with Crippen LogP contribution in [0.4, 0.5) is 0 Å². The molecule has 6 aromatic carbocycles. The predicted octanol–water partition coefficient (Wildman–Crippen LogP) is 11.7. The topological polar surface area (TPSA) is 51.8 Å². The SMILES string of the molecule is CC1(C)c2ccccc2-c2c(-c3nc(-c4cccc(-c5ccccc5)c4)nc(-c4cccc5oc6ccccc6c45)n3)cccc2C1(C)C. The maximum atomic E-state index is 6.29. The van der Waals surface area contributed by atoms with Crippen molar-refractivity contribution in [1.82, 2.24) is 15.0 Å². The van der Waals surface area contributed by atoms with Gasteiger partial charge in [-0.3, -0.25) is 0 Å². The van der Waals surface area contributed by atoms with E-state index in [1.165, 1.54) is 22.3 Å². The molecule has 1 aliphatic rings. The van der Waals surface area contributed by atoms with Gasteiger partial charge in [0.2, 0.25) is 0 Å². The van der Waals surface area contributed by atoms with Gasteiger partial charge in [-0.2, -0.15) is 0 Å². The fourth-order valence-electron chi connectivity index (χ4n) is 7.64. The largest absolute Gasteiger partial charge is 0.456 e. The summed E-state index contributed by atoms with van der Waals surface area (Å²) in [6, 6.07) is 48.6. The molecule has 0 N–H and O–H groups in total. The number of nitrogens with zero attached hydrogens (tertiary/aromatic N) is 3. The highest BCUT2D eigenvalue weighted by molar-refractivity contribution is 6.11. The van der Waals surface area contributed by atoms with Gasteiger partial charge in [0.15, 0.2) is 17.5 Å². The Kier molecular flexibility index (Phi) is 6.47. The number of hydrogen-bond donors (Lipinski definition) is 0. The molecule has 1 aliphatic carbocycles. The first kappa shape index (κ1) is 29.3. The first-order chi connectivity index (χ1) is 23.8. The van der Waals surface area contributed by atoms with E-state index in [4.69, 9.17) is 19.4 Å². The Hall–Kier alpha value is -5.87. The van der Waals surface area contributed by atoms with Gasteiger partial charge >= 0.3 is 0 Å². The van der Waals surface area contributed by atoms with E-state index in [0.717, 1.165) is 49.8 Å². The molecule has 0 atom stereocenters. The van der Waals surface area contributed by atoms with Gasteiger partial charge in [0, 0.05) is 27.5 Å². The molecule has 0 aliphatic heterocycles. The summed E-state index contributed by atoms with van der Waals surface area (Å²) in [5, 5.41) is 2.04. The first-order valence-electron chi connectivity index (χ1n) is 16.9. The Bertz CT molecular complexity index is 2560. The van der Waals surface area contributed by atoms with Crippen LogP contribution in [0.25, 0.3) is 78.4 Å². The van der Waals surface area contributed by atoms with Crippen molar-refractivity contribution in [2.75, 3.05) is 0 Å². The van der Waals surface area contributed by atoms with Crippen LogP contribution in [0.1, 0.15) is 38.8 Å². The summed E-state index contributed by atoms with van der Waals surface area (Å²) in [4.78, 5) is 15.8. The lowest BCUT2D eigenvalue weighted by Crippen LogP contribution is -2.43. The van der Waals surface area contributed by atoms with E-state index in [9.17, 15) is 0 Å². The fraction of sp³-hybridized carbons (Fsp3) is 0.133. The van der Waals surface area contributed by atoms with Crippen molar-refractivity contribution in [3.63, 3.8) is 0 Å². The van der Waals surface area contributed by atoms with Gasteiger partial charge in [0.25, 0.3) is 0 Å². The second-order valence-electron chi connectivity index (χ2n) is 14.1. The summed E-state index contributed by atoms with van der Waals surface area (Å²) < 4.78 is 6.29. The number of hydrogen-bond acceptors (Lipinski definition) is 4. The van der Waals surface area contributed by atoms with E-state index >= 15 is 0 Å². The molecule has 0 amide bonds. The van der Waals surface area contributed by atoms with E-state index in [2.05, 4.69) is 131 Å². The molecule has 4 heteroatoms. The Balaban J connectivity index is 1.34. The monoisotopic (exact) mass is 633 g/mol. The van der Waals surface area contributed by atoms with Gasteiger partial charge in [-0.25, -0.2) is 15.0 Å². The van der Waals surface area contributed by atoms with Gasteiger partial charge in [0.05, 0.1) is 0 Å². The number of aromatic nitrogens is 3. The number of rotatable bonds is 4. The Labute approximate surface area is 286 Å². The highest BCUT2D eigenvalue weighted by Gasteiger charge is 2.46. The van der Waals surface area contributed by atoms with Crippen LogP contribution in [-0.2, 0) is 10.8 Å². The Morgan fingerprint density at radius 2 is 0.980 bits per heavy atom. The molecule has 4 nitrogen and oxygen atoms in total. The molecule has 2 aromatic heterocycles. The lowest BCUT2D eigenvalue weighted by molar-refractivity contribution is 0.299. The average Bonchev–Trinajstić information content (AvgIpc) is 3.53. The summed E-state index contributed by atoms with van der Waals surface area (Å²) in [5.74, 6) is 1.89. The molecule has 236 valence electrons. The minimum absolute atomic E-state index is 0.0828. The highest BCUT2D eigenvalue weighted by atomic mass is 16.3. The second-order valence-corrected chi connectivity index (χ2v) is 14.1. The first-order valence-corrected chi connectivity index (χ1v) is 16.9. The van der Waals surface area contributed by atoms with Gasteiger partial charge in [0.1, 0.15) is 11.2 Å². The summed E-state index contributed by atoms with van der Waals surface area (Å²) >= 11 is 0. The van der Waals surface area contributed by atoms with Crippen molar-refractivity contribution in [1.29, 1.82) is 0 Å². The maximum absolute atomic E-state index is 6.29. The van der Waals surface area contributed by atoms with Crippen molar-refractivity contribution in [3.8, 4) is 56.4 Å². The smallest absolute Gasteiger partial charge is 0.164 e. The quantitative estimate of drug-likeness (QED) is 0.193. The third-order valence-corrected chi connectivity index (χ3v) is 10.9. The van der Waals surface area contributed by atoms with Gasteiger partial charge in [-0.05, 0) is 62.4 Å². The van der Waals surface area contributed by atoms with E-state index in [-0.39, 0.29) is 10.8 Å². The summed E-state index contributed by atoms with van der Waals surface area (Å²) in [6.07, 6.45) is 0. The maximum Gasteiger partial charge on any atom is 0.164 e. The van der Waals surface area contributed by atoms with E-state index in [1.54, 1.807) is 0 Å². The minimum Gasteiger partial charge on any atom is -0.456 e. The normalized spacial score (nSPS) is 14.4. The van der Waals surface area contributed by atoms with Crippen molar-refractivity contribution in [2.24, 2.45) is 0 Å². The third-order valence-electron chi connectivity index (χ3n) is 10.9. The summed E-state index contributed by atoms with van der Waals surface area (Å²) in [5.41, 5.74) is 11.6. The van der Waals surface area contributed by atoms with Crippen molar-refractivity contribution in [2.45, 2.75) is 38.5 Å². The summed E-state index contributed by atoms with van der Waals surface area (Å²) in [7, 11) is 0. The predicted molar refractivity (Wildman–Crippen MR) is 200 cm³/mol. The molecule has 0 bridgehead atoms. The zero-order valence-electron chi connectivity index (χ0n) is 28.0. The highest BCUT2D eigenvalue weighted by Crippen LogP contribution is 2.55.